The maximum absolute atomic E-state index is 12.2. The molecule has 3 nitrogen and oxygen atoms in total. The van der Waals surface area contributed by atoms with Crippen molar-refractivity contribution in [1.29, 1.82) is 0 Å². The minimum absolute atomic E-state index is 0.149. The molecule has 1 aromatic heterocycles. The molecule has 0 radical (unpaired) electrons. The Bertz CT molecular complexity index is 378. The van der Waals surface area contributed by atoms with Crippen LogP contribution >= 0.6 is 0 Å². The van der Waals surface area contributed by atoms with Gasteiger partial charge in [-0.1, -0.05) is 0 Å². The number of ether oxygens (including phenoxy) is 1. The molecular weight excluding hydrogens is 202 g/mol. The van der Waals surface area contributed by atoms with Crippen molar-refractivity contribution < 1.29 is 9.53 Å². The second kappa shape index (κ2) is 3.98. The summed E-state index contributed by atoms with van der Waals surface area (Å²) >= 11 is 0. The van der Waals surface area contributed by atoms with Crippen LogP contribution in [0.5, 0.6) is 0 Å². The third kappa shape index (κ3) is 1.76. The molecule has 2 atom stereocenters. The van der Waals surface area contributed by atoms with Gasteiger partial charge in [0.1, 0.15) is 0 Å². The lowest BCUT2D eigenvalue weighted by Gasteiger charge is -2.27. The molecule has 2 bridgehead atoms. The molecule has 0 aliphatic carbocycles. The number of hydrogen-bond donors (Lipinski definition) is 0. The fourth-order valence-corrected chi connectivity index (χ4v) is 2.82. The van der Waals surface area contributed by atoms with E-state index in [0.717, 1.165) is 31.2 Å². The second-order valence-electron chi connectivity index (χ2n) is 4.73. The lowest BCUT2D eigenvalue weighted by molar-refractivity contribution is -0.0149. The molecule has 0 aromatic carbocycles. The summed E-state index contributed by atoms with van der Waals surface area (Å²) in [5.41, 5.74) is 0.744. The molecule has 84 valence electrons. The van der Waals surface area contributed by atoms with E-state index < -0.39 is 0 Å². The molecule has 2 saturated heterocycles. The van der Waals surface area contributed by atoms with Gasteiger partial charge in [0.05, 0.1) is 12.2 Å². The van der Waals surface area contributed by atoms with Crippen molar-refractivity contribution in [2.24, 2.45) is 5.92 Å². The highest BCUT2D eigenvalue weighted by molar-refractivity contribution is 5.97. The molecule has 3 rings (SSSR count). The van der Waals surface area contributed by atoms with Crippen LogP contribution in [0.1, 0.15) is 36.0 Å². The van der Waals surface area contributed by atoms with Gasteiger partial charge in [0.15, 0.2) is 5.78 Å². The van der Waals surface area contributed by atoms with Crippen molar-refractivity contribution in [3.05, 3.63) is 30.1 Å². The molecule has 2 aliphatic heterocycles. The van der Waals surface area contributed by atoms with Gasteiger partial charge in [-0.05, 0) is 37.8 Å². The fourth-order valence-electron chi connectivity index (χ4n) is 2.82. The Morgan fingerprint density at radius 3 is 2.69 bits per heavy atom. The van der Waals surface area contributed by atoms with Crippen LogP contribution in [0, 0.1) is 5.92 Å². The third-order valence-corrected chi connectivity index (χ3v) is 3.61. The third-order valence-electron chi connectivity index (χ3n) is 3.61. The molecule has 0 saturated carbocycles. The Kier molecular flexibility index (Phi) is 2.48. The predicted molar refractivity (Wildman–Crippen MR) is 59.2 cm³/mol. The highest BCUT2D eigenvalue weighted by atomic mass is 16.5. The first-order valence-electron chi connectivity index (χ1n) is 5.92. The number of ketones is 1. The quantitative estimate of drug-likeness (QED) is 0.713. The summed E-state index contributed by atoms with van der Waals surface area (Å²) in [6, 6.07) is 3.67. The SMILES string of the molecule is O=C(c1cccnc1)C1CC2CCC(C1)O2. The number of rotatable bonds is 2. The van der Waals surface area contributed by atoms with Crippen molar-refractivity contribution in [1.82, 2.24) is 4.98 Å². The summed E-state index contributed by atoms with van der Waals surface area (Å²) in [6.45, 7) is 0. The van der Waals surface area contributed by atoms with Crippen LogP contribution in [0.2, 0.25) is 0 Å². The van der Waals surface area contributed by atoms with E-state index in [1.807, 2.05) is 12.1 Å². The number of carbonyl (C=O) groups is 1. The van der Waals surface area contributed by atoms with Crippen LogP contribution < -0.4 is 0 Å². The van der Waals surface area contributed by atoms with Crippen molar-refractivity contribution in [3.63, 3.8) is 0 Å². The highest BCUT2D eigenvalue weighted by Gasteiger charge is 2.38. The molecule has 3 heteroatoms. The van der Waals surface area contributed by atoms with E-state index >= 15 is 0 Å². The van der Waals surface area contributed by atoms with Gasteiger partial charge in [0.2, 0.25) is 0 Å². The topological polar surface area (TPSA) is 39.2 Å². The van der Waals surface area contributed by atoms with Crippen molar-refractivity contribution >= 4 is 5.78 Å². The number of aromatic nitrogens is 1. The number of fused-ring (bicyclic) bond motifs is 2. The number of nitrogens with zero attached hydrogens (tertiary/aromatic N) is 1. The summed E-state index contributed by atoms with van der Waals surface area (Å²) in [6.07, 6.45) is 8.05. The number of hydrogen-bond acceptors (Lipinski definition) is 3. The first-order chi connectivity index (χ1) is 7.83. The molecule has 2 aliphatic rings. The average molecular weight is 217 g/mol. The standard InChI is InChI=1S/C13H15NO2/c15-13(9-2-1-5-14-8-9)10-6-11-3-4-12(7-10)16-11/h1-2,5,8,10-12H,3-4,6-7H2. The summed E-state index contributed by atoms with van der Waals surface area (Å²) in [7, 11) is 0. The number of Topliss-reactive ketones (excluding diaryl/α,β-unsaturated/α-hetero) is 1. The van der Waals surface area contributed by atoms with Crippen LogP contribution in [0.4, 0.5) is 0 Å². The molecule has 0 spiro atoms. The smallest absolute Gasteiger partial charge is 0.167 e. The van der Waals surface area contributed by atoms with Crippen LogP contribution in [-0.4, -0.2) is 23.0 Å². The van der Waals surface area contributed by atoms with Gasteiger partial charge in [0.25, 0.3) is 0 Å². The molecule has 0 amide bonds. The normalized spacial score (nSPS) is 32.6. The Morgan fingerprint density at radius 2 is 2.06 bits per heavy atom. The molecule has 0 N–H and O–H groups in total. The molecule has 1 aromatic rings. The van der Waals surface area contributed by atoms with Crippen LogP contribution in [0.25, 0.3) is 0 Å². The summed E-state index contributed by atoms with van der Waals surface area (Å²) in [5.74, 6) is 0.392. The number of pyridine rings is 1. The van der Waals surface area contributed by atoms with Gasteiger partial charge < -0.3 is 4.74 Å². The Hall–Kier alpha value is -1.22. The zero-order valence-corrected chi connectivity index (χ0v) is 9.13. The first kappa shape index (κ1) is 9.97. The number of carbonyl (C=O) groups excluding carboxylic acids is 1. The monoisotopic (exact) mass is 217 g/mol. The first-order valence-corrected chi connectivity index (χ1v) is 5.92. The average Bonchev–Trinajstić information content (AvgIpc) is 2.68. The van der Waals surface area contributed by atoms with Crippen molar-refractivity contribution in [3.8, 4) is 0 Å². The van der Waals surface area contributed by atoms with Crippen LogP contribution in [0.15, 0.2) is 24.5 Å². The Labute approximate surface area is 94.8 Å². The van der Waals surface area contributed by atoms with Gasteiger partial charge in [-0.3, -0.25) is 9.78 Å². The lowest BCUT2D eigenvalue weighted by atomic mass is 9.88. The molecule has 2 unspecified atom stereocenters. The molecule has 2 fully saturated rings. The van der Waals surface area contributed by atoms with Crippen LogP contribution in [0.3, 0.4) is 0 Å². The lowest BCUT2D eigenvalue weighted by Crippen LogP contribution is -2.30. The highest BCUT2D eigenvalue weighted by Crippen LogP contribution is 2.37. The van der Waals surface area contributed by atoms with E-state index in [1.165, 1.54) is 0 Å². The van der Waals surface area contributed by atoms with E-state index in [0.29, 0.717) is 12.2 Å². The fraction of sp³-hybridized carbons (Fsp3) is 0.538. The van der Waals surface area contributed by atoms with Crippen molar-refractivity contribution in [2.75, 3.05) is 0 Å². The second-order valence-corrected chi connectivity index (χ2v) is 4.73. The van der Waals surface area contributed by atoms with Crippen molar-refractivity contribution in [2.45, 2.75) is 37.9 Å². The van der Waals surface area contributed by atoms with E-state index in [9.17, 15) is 4.79 Å². The predicted octanol–water partition coefficient (Wildman–Crippen LogP) is 2.22. The van der Waals surface area contributed by atoms with Gasteiger partial charge in [0, 0.05) is 23.9 Å². The van der Waals surface area contributed by atoms with E-state index in [1.54, 1.807) is 12.4 Å². The summed E-state index contributed by atoms with van der Waals surface area (Å²) < 4.78 is 5.75. The molecule has 16 heavy (non-hydrogen) atoms. The van der Waals surface area contributed by atoms with Gasteiger partial charge in [-0.15, -0.1) is 0 Å². The zero-order valence-electron chi connectivity index (χ0n) is 9.13. The van der Waals surface area contributed by atoms with Gasteiger partial charge in [-0.2, -0.15) is 0 Å². The van der Waals surface area contributed by atoms with E-state index in [4.69, 9.17) is 4.74 Å². The van der Waals surface area contributed by atoms with Gasteiger partial charge in [-0.25, -0.2) is 0 Å². The molecular formula is C13H15NO2. The zero-order chi connectivity index (χ0) is 11.0. The maximum Gasteiger partial charge on any atom is 0.167 e. The molecule has 3 heterocycles. The van der Waals surface area contributed by atoms with E-state index in [2.05, 4.69) is 4.98 Å². The largest absolute Gasteiger partial charge is 0.375 e. The minimum Gasteiger partial charge on any atom is -0.375 e. The van der Waals surface area contributed by atoms with E-state index in [-0.39, 0.29) is 11.7 Å². The minimum atomic E-state index is 0.149. The summed E-state index contributed by atoms with van der Waals surface area (Å²) in [5, 5.41) is 0. The van der Waals surface area contributed by atoms with Gasteiger partial charge >= 0.3 is 0 Å². The summed E-state index contributed by atoms with van der Waals surface area (Å²) in [4.78, 5) is 16.2. The van der Waals surface area contributed by atoms with Crippen LogP contribution in [-0.2, 0) is 4.74 Å². The Balaban J connectivity index is 1.76. The maximum atomic E-state index is 12.2. The Morgan fingerprint density at radius 1 is 1.31 bits per heavy atom.